The minimum atomic E-state index is -3.72. The number of piperazine rings is 1. The molecule has 0 spiro atoms. The van der Waals surface area contributed by atoms with Crippen molar-refractivity contribution in [2.75, 3.05) is 38.1 Å². The van der Waals surface area contributed by atoms with Gasteiger partial charge in [-0.05, 0) is 31.9 Å². The Morgan fingerprint density at radius 1 is 1.21 bits per heavy atom. The fourth-order valence-corrected chi connectivity index (χ4v) is 5.05. The molecule has 0 bridgehead atoms. The number of carbonyl (C=O) groups excluding carboxylic acids is 2. The van der Waals surface area contributed by atoms with Crippen molar-refractivity contribution in [1.29, 1.82) is 0 Å². The fraction of sp³-hybridized carbons (Fsp3) is 0.556. The van der Waals surface area contributed by atoms with Gasteiger partial charge >= 0.3 is 0 Å². The number of hydrogen-bond donors (Lipinski definition) is 1. The summed E-state index contributed by atoms with van der Waals surface area (Å²) in [6, 6.07) is 4.42. The summed E-state index contributed by atoms with van der Waals surface area (Å²) in [7, 11) is -3.72. The first-order valence-corrected chi connectivity index (χ1v) is 10.8. The monoisotopic (exact) mass is 409 g/mol. The van der Waals surface area contributed by atoms with Crippen molar-refractivity contribution in [2.24, 2.45) is 0 Å². The average molecular weight is 409 g/mol. The van der Waals surface area contributed by atoms with E-state index in [4.69, 9.17) is 9.47 Å². The van der Waals surface area contributed by atoms with Gasteiger partial charge in [0.05, 0.1) is 10.6 Å². The Labute approximate surface area is 163 Å². The Morgan fingerprint density at radius 3 is 2.64 bits per heavy atom. The van der Waals surface area contributed by atoms with Gasteiger partial charge in [0.25, 0.3) is 11.8 Å². The third kappa shape index (κ3) is 3.47. The lowest BCUT2D eigenvalue weighted by Gasteiger charge is -2.35. The summed E-state index contributed by atoms with van der Waals surface area (Å²) in [4.78, 5) is 25.9. The largest absolute Gasteiger partial charge is 0.479 e. The normalized spacial score (nSPS) is 25.8. The van der Waals surface area contributed by atoms with Crippen molar-refractivity contribution < 1.29 is 27.5 Å². The van der Waals surface area contributed by atoms with Gasteiger partial charge in [0.2, 0.25) is 10.0 Å². The van der Waals surface area contributed by atoms with E-state index in [1.54, 1.807) is 11.8 Å². The highest BCUT2D eigenvalue weighted by Crippen LogP contribution is 2.33. The lowest BCUT2D eigenvalue weighted by molar-refractivity contribution is -0.142. The highest BCUT2D eigenvalue weighted by molar-refractivity contribution is 7.89. The van der Waals surface area contributed by atoms with Gasteiger partial charge in [0.15, 0.2) is 6.10 Å². The van der Waals surface area contributed by atoms with Crippen molar-refractivity contribution in [1.82, 2.24) is 9.21 Å². The van der Waals surface area contributed by atoms with E-state index in [2.05, 4.69) is 5.32 Å². The molecular formula is C18H23N3O6S. The molecule has 3 aliphatic heterocycles. The average Bonchev–Trinajstić information content (AvgIpc) is 3.23. The van der Waals surface area contributed by atoms with Gasteiger partial charge in [0, 0.05) is 38.9 Å². The standard InChI is InChI=1S/C18H23N3O6S/c1-12-17(22)19-14-5-4-13(11-16(14)27-12)28(24,25)21-8-6-20(7-9-21)18(23)15-3-2-10-26-15/h4-5,11-12,15H,2-3,6-10H2,1H3,(H,19,22)/t12-,15+/m0/s1. The first kappa shape index (κ1) is 19.2. The molecule has 2 saturated heterocycles. The van der Waals surface area contributed by atoms with Gasteiger partial charge in [-0.1, -0.05) is 0 Å². The fourth-order valence-electron chi connectivity index (χ4n) is 3.62. The van der Waals surface area contributed by atoms with Gasteiger partial charge in [-0.25, -0.2) is 8.42 Å². The lowest BCUT2D eigenvalue weighted by atomic mass is 10.2. The number of ether oxygens (including phenoxy) is 2. The molecule has 1 aromatic carbocycles. The summed E-state index contributed by atoms with van der Waals surface area (Å²) in [6.07, 6.45) is 0.530. The van der Waals surface area contributed by atoms with Crippen LogP contribution in [0.5, 0.6) is 5.75 Å². The van der Waals surface area contributed by atoms with Gasteiger partial charge in [-0.15, -0.1) is 0 Å². The zero-order valence-electron chi connectivity index (χ0n) is 15.6. The summed E-state index contributed by atoms with van der Waals surface area (Å²) in [5.74, 6) is 0.0111. The Balaban J connectivity index is 1.45. The van der Waals surface area contributed by atoms with E-state index >= 15 is 0 Å². The number of nitrogens with zero attached hydrogens (tertiary/aromatic N) is 2. The lowest BCUT2D eigenvalue weighted by Crippen LogP contribution is -2.52. The maximum absolute atomic E-state index is 13.0. The zero-order valence-corrected chi connectivity index (χ0v) is 16.4. The van der Waals surface area contributed by atoms with Crippen LogP contribution >= 0.6 is 0 Å². The summed E-state index contributed by atoms with van der Waals surface area (Å²) < 4.78 is 38.3. The van der Waals surface area contributed by atoms with Crippen LogP contribution in [0.2, 0.25) is 0 Å². The van der Waals surface area contributed by atoms with Gasteiger partial charge < -0.3 is 19.7 Å². The van der Waals surface area contributed by atoms with E-state index in [0.29, 0.717) is 31.1 Å². The number of amides is 2. The van der Waals surface area contributed by atoms with Crippen molar-refractivity contribution in [3.63, 3.8) is 0 Å². The van der Waals surface area contributed by atoms with Gasteiger partial charge in [-0.2, -0.15) is 4.31 Å². The first-order valence-electron chi connectivity index (χ1n) is 9.38. The number of hydrogen-bond acceptors (Lipinski definition) is 6. The van der Waals surface area contributed by atoms with E-state index in [9.17, 15) is 18.0 Å². The summed E-state index contributed by atoms with van der Waals surface area (Å²) in [6.45, 7) is 3.34. The second-order valence-electron chi connectivity index (χ2n) is 7.14. The van der Waals surface area contributed by atoms with Crippen LogP contribution in [0, 0.1) is 0 Å². The van der Waals surface area contributed by atoms with Crippen LogP contribution in [0.15, 0.2) is 23.1 Å². The molecule has 2 amide bonds. The molecule has 152 valence electrons. The van der Waals surface area contributed by atoms with Crippen LogP contribution < -0.4 is 10.1 Å². The topological polar surface area (TPSA) is 105 Å². The molecule has 0 aliphatic carbocycles. The molecule has 10 heteroatoms. The Bertz CT molecular complexity index is 889. The molecule has 3 heterocycles. The van der Waals surface area contributed by atoms with Crippen LogP contribution in [0.25, 0.3) is 0 Å². The number of fused-ring (bicyclic) bond motifs is 1. The second kappa shape index (κ2) is 7.34. The van der Waals surface area contributed by atoms with E-state index in [-0.39, 0.29) is 29.8 Å². The molecule has 4 rings (SSSR count). The highest BCUT2D eigenvalue weighted by Gasteiger charge is 2.34. The molecule has 28 heavy (non-hydrogen) atoms. The minimum Gasteiger partial charge on any atom is -0.479 e. The van der Waals surface area contributed by atoms with E-state index < -0.39 is 22.2 Å². The number of rotatable bonds is 3. The van der Waals surface area contributed by atoms with Crippen molar-refractivity contribution >= 4 is 27.5 Å². The van der Waals surface area contributed by atoms with E-state index in [0.717, 1.165) is 12.8 Å². The van der Waals surface area contributed by atoms with Crippen molar-refractivity contribution in [3.05, 3.63) is 18.2 Å². The number of anilines is 1. The molecule has 2 fully saturated rings. The summed E-state index contributed by atoms with van der Waals surface area (Å²) in [5.41, 5.74) is 0.453. The zero-order chi connectivity index (χ0) is 19.9. The quantitative estimate of drug-likeness (QED) is 0.776. The molecule has 1 aromatic rings. The molecule has 0 unspecified atom stereocenters. The molecule has 2 atom stereocenters. The number of nitrogens with one attached hydrogen (secondary N) is 1. The number of carbonyl (C=O) groups is 2. The summed E-state index contributed by atoms with van der Waals surface area (Å²) in [5, 5.41) is 2.68. The molecule has 0 aromatic heterocycles. The van der Waals surface area contributed by atoms with E-state index in [1.165, 1.54) is 22.5 Å². The molecule has 0 radical (unpaired) electrons. The highest BCUT2D eigenvalue weighted by atomic mass is 32.2. The van der Waals surface area contributed by atoms with Crippen molar-refractivity contribution in [2.45, 2.75) is 36.9 Å². The minimum absolute atomic E-state index is 0.0542. The third-order valence-electron chi connectivity index (χ3n) is 5.28. The maximum atomic E-state index is 13.0. The smallest absolute Gasteiger partial charge is 0.265 e. The van der Waals surface area contributed by atoms with Crippen LogP contribution in [0.1, 0.15) is 19.8 Å². The first-order chi connectivity index (χ1) is 13.4. The van der Waals surface area contributed by atoms with Crippen LogP contribution in [-0.2, 0) is 24.3 Å². The number of benzene rings is 1. The molecule has 9 nitrogen and oxygen atoms in total. The maximum Gasteiger partial charge on any atom is 0.265 e. The van der Waals surface area contributed by atoms with Crippen molar-refractivity contribution in [3.8, 4) is 5.75 Å². The second-order valence-corrected chi connectivity index (χ2v) is 9.08. The predicted octanol–water partition coefficient (Wildman–Crippen LogP) is 0.418. The van der Waals surface area contributed by atoms with E-state index in [1.807, 2.05) is 0 Å². The van der Waals surface area contributed by atoms with Crippen LogP contribution in [0.3, 0.4) is 0 Å². The SMILES string of the molecule is C[C@@H]1Oc2cc(S(=O)(=O)N3CCN(C(=O)[C@H]4CCCO4)CC3)ccc2NC1=O. The van der Waals surface area contributed by atoms with Crippen LogP contribution in [0.4, 0.5) is 5.69 Å². The molecular weight excluding hydrogens is 386 g/mol. The van der Waals surface area contributed by atoms with Gasteiger partial charge in [0.1, 0.15) is 11.9 Å². The Hall–Kier alpha value is -2.17. The molecule has 3 aliphatic rings. The van der Waals surface area contributed by atoms with Gasteiger partial charge in [-0.3, -0.25) is 9.59 Å². The molecule has 0 saturated carbocycles. The number of sulfonamides is 1. The third-order valence-corrected chi connectivity index (χ3v) is 7.17. The van der Waals surface area contributed by atoms with Crippen LogP contribution in [-0.4, -0.2) is 74.4 Å². The Morgan fingerprint density at radius 2 is 1.96 bits per heavy atom. The molecule has 1 N–H and O–H groups in total. The summed E-state index contributed by atoms with van der Waals surface area (Å²) >= 11 is 0. The predicted molar refractivity (Wildman–Crippen MR) is 99.5 cm³/mol. The Kier molecular flexibility index (Phi) is 5.02.